The van der Waals surface area contributed by atoms with E-state index in [-0.39, 0.29) is 0 Å². The van der Waals surface area contributed by atoms with E-state index >= 15 is 0 Å². The minimum Gasteiger partial charge on any atom is -0.256 e. The fourth-order valence-corrected chi connectivity index (χ4v) is 5.66. The van der Waals surface area contributed by atoms with Gasteiger partial charge in [-0.05, 0) is 92.9 Å². The van der Waals surface area contributed by atoms with Crippen LogP contribution in [0.3, 0.4) is 0 Å². The molecule has 0 unspecified atom stereocenters. The van der Waals surface area contributed by atoms with E-state index in [9.17, 15) is 0 Å². The highest BCUT2D eigenvalue weighted by molar-refractivity contribution is 5.97. The summed E-state index contributed by atoms with van der Waals surface area (Å²) in [4.78, 5) is 4.80. The summed E-state index contributed by atoms with van der Waals surface area (Å²) in [6, 6.07) is 16.0. The third-order valence-corrected chi connectivity index (χ3v) is 6.97. The number of hydrogen-bond donors (Lipinski definition) is 0. The lowest BCUT2D eigenvalue weighted by Gasteiger charge is -2.47. The van der Waals surface area contributed by atoms with Gasteiger partial charge in [0, 0.05) is 17.1 Å². The number of aryl methyl sites for hydroxylation is 2. The molecule has 0 saturated heterocycles. The summed E-state index contributed by atoms with van der Waals surface area (Å²) in [5.41, 5.74) is 6.99. The normalized spacial score (nSPS) is 24.9. The van der Waals surface area contributed by atoms with Crippen molar-refractivity contribution >= 4 is 10.8 Å². The summed E-state index contributed by atoms with van der Waals surface area (Å²) in [5, 5.41) is 2.74. The Morgan fingerprint density at radius 3 is 2.23 bits per heavy atom. The Hall–Kier alpha value is -2.15. The van der Waals surface area contributed by atoms with Gasteiger partial charge < -0.3 is 0 Å². The van der Waals surface area contributed by atoms with Crippen LogP contribution in [-0.2, 0) is 5.41 Å². The highest BCUT2D eigenvalue weighted by Crippen LogP contribution is 2.53. The first kappa shape index (κ1) is 16.1. The number of nitrogens with zero attached hydrogens (tertiary/aromatic N) is 1. The van der Waals surface area contributed by atoms with Crippen LogP contribution in [0.25, 0.3) is 22.0 Å². The quantitative estimate of drug-likeness (QED) is 0.503. The average molecular weight is 341 g/mol. The van der Waals surface area contributed by atoms with E-state index in [1.807, 2.05) is 6.20 Å². The monoisotopic (exact) mass is 341 g/mol. The molecule has 0 atom stereocenters. The predicted molar refractivity (Wildman–Crippen MR) is 110 cm³/mol. The van der Waals surface area contributed by atoms with Gasteiger partial charge in [-0.2, -0.15) is 0 Å². The maximum Gasteiger partial charge on any atom is 0.0780 e. The van der Waals surface area contributed by atoms with Crippen molar-refractivity contribution in [2.75, 3.05) is 0 Å². The van der Waals surface area contributed by atoms with Crippen molar-refractivity contribution in [3.05, 3.63) is 65.4 Å². The predicted octanol–water partition coefficient (Wildman–Crippen LogP) is 6.74. The number of rotatable bonds is 2. The number of aromatic nitrogens is 1. The Morgan fingerprint density at radius 2 is 1.54 bits per heavy atom. The summed E-state index contributed by atoms with van der Waals surface area (Å²) in [7, 11) is 0. The van der Waals surface area contributed by atoms with E-state index in [2.05, 4.69) is 56.3 Å². The third-order valence-electron chi connectivity index (χ3n) is 6.97. The van der Waals surface area contributed by atoms with E-state index in [1.54, 1.807) is 5.56 Å². The number of hydrogen-bond acceptors (Lipinski definition) is 1. The fraction of sp³-hybridized carbons (Fsp3) is 0.400. The van der Waals surface area contributed by atoms with E-state index in [4.69, 9.17) is 4.98 Å². The Kier molecular flexibility index (Phi) is 3.67. The summed E-state index contributed by atoms with van der Waals surface area (Å²) < 4.78 is 0. The third kappa shape index (κ3) is 2.48. The van der Waals surface area contributed by atoms with Crippen molar-refractivity contribution in [1.82, 2.24) is 4.98 Å². The summed E-state index contributed by atoms with van der Waals surface area (Å²) in [6.07, 6.45) is 10.4. The summed E-state index contributed by atoms with van der Waals surface area (Å²) in [6.45, 7) is 4.35. The van der Waals surface area contributed by atoms with Crippen LogP contribution in [0, 0.1) is 19.8 Å². The van der Waals surface area contributed by atoms with Gasteiger partial charge in [0.2, 0.25) is 0 Å². The molecule has 1 nitrogen and oxygen atoms in total. The topological polar surface area (TPSA) is 12.9 Å². The zero-order valence-corrected chi connectivity index (χ0v) is 15.9. The molecular weight excluding hydrogens is 314 g/mol. The second-order valence-corrected chi connectivity index (χ2v) is 8.70. The van der Waals surface area contributed by atoms with Crippen molar-refractivity contribution in [1.29, 1.82) is 0 Å². The summed E-state index contributed by atoms with van der Waals surface area (Å²) in [5.74, 6) is 0.999. The molecule has 3 aliphatic carbocycles. The molecule has 3 aromatic rings. The van der Waals surface area contributed by atoms with Crippen molar-refractivity contribution in [2.24, 2.45) is 5.92 Å². The van der Waals surface area contributed by atoms with Crippen LogP contribution in [0.5, 0.6) is 0 Å². The van der Waals surface area contributed by atoms with Crippen LogP contribution in [0.1, 0.15) is 55.2 Å². The lowest BCUT2D eigenvalue weighted by Crippen LogP contribution is -2.37. The van der Waals surface area contributed by atoms with E-state index in [1.165, 1.54) is 66.0 Å². The van der Waals surface area contributed by atoms with Gasteiger partial charge in [0.15, 0.2) is 0 Å². The first-order valence-corrected chi connectivity index (χ1v) is 10.1. The van der Waals surface area contributed by atoms with Crippen LogP contribution >= 0.6 is 0 Å². The first-order valence-electron chi connectivity index (χ1n) is 10.1. The molecule has 0 N–H and O–H groups in total. The first-order chi connectivity index (χ1) is 12.6. The van der Waals surface area contributed by atoms with Crippen LogP contribution in [0.15, 0.2) is 48.7 Å². The summed E-state index contributed by atoms with van der Waals surface area (Å²) >= 11 is 0. The van der Waals surface area contributed by atoms with Crippen molar-refractivity contribution in [3.8, 4) is 11.3 Å². The zero-order valence-electron chi connectivity index (χ0n) is 15.9. The largest absolute Gasteiger partial charge is 0.256 e. The fourth-order valence-electron chi connectivity index (χ4n) is 5.66. The molecule has 0 amide bonds. The Labute approximate surface area is 156 Å². The molecule has 6 rings (SSSR count). The standard InChI is InChI=1S/C25H27N/c1-17-14-18(2)16-20(15-17)24-22-4-3-5-23(21(22)9-13-26-24)25-10-6-19(7-11-25)8-12-25/h3-5,9,13-16,19H,6-8,10-12H2,1-2H3. The van der Waals surface area contributed by atoms with Crippen molar-refractivity contribution < 1.29 is 0 Å². The van der Waals surface area contributed by atoms with Crippen molar-refractivity contribution in [3.63, 3.8) is 0 Å². The second kappa shape index (κ2) is 5.94. The minimum absolute atomic E-state index is 0.412. The molecule has 3 aliphatic rings. The molecule has 0 radical (unpaired) electrons. The van der Waals surface area contributed by atoms with Gasteiger partial charge in [-0.3, -0.25) is 4.98 Å². The molecule has 1 aromatic heterocycles. The Balaban J connectivity index is 1.71. The van der Waals surface area contributed by atoms with Crippen LogP contribution in [0.4, 0.5) is 0 Å². The van der Waals surface area contributed by atoms with Crippen molar-refractivity contribution in [2.45, 2.75) is 57.8 Å². The average Bonchev–Trinajstić information content (AvgIpc) is 2.67. The maximum atomic E-state index is 4.80. The highest BCUT2D eigenvalue weighted by atomic mass is 14.7. The van der Waals surface area contributed by atoms with Gasteiger partial charge in [-0.25, -0.2) is 0 Å². The Morgan fingerprint density at radius 1 is 0.846 bits per heavy atom. The van der Waals surface area contributed by atoms with Crippen LogP contribution < -0.4 is 0 Å². The highest BCUT2D eigenvalue weighted by Gasteiger charge is 2.42. The van der Waals surface area contributed by atoms with Crippen LogP contribution in [0.2, 0.25) is 0 Å². The molecule has 0 spiro atoms. The molecular formula is C25H27N. The molecule has 1 heteroatoms. The number of pyridine rings is 1. The maximum absolute atomic E-state index is 4.80. The molecule has 3 fully saturated rings. The van der Waals surface area contributed by atoms with Crippen LogP contribution in [-0.4, -0.2) is 4.98 Å². The number of fused-ring (bicyclic) bond motifs is 4. The zero-order chi connectivity index (χ0) is 17.7. The SMILES string of the molecule is Cc1cc(C)cc(-c2nccc3c(C45CCC(CC4)CC5)cccc23)c1. The van der Waals surface area contributed by atoms with Gasteiger partial charge in [0.25, 0.3) is 0 Å². The minimum atomic E-state index is 0.412. The number of benzene rings is 2. The lowest BCUT2D eigenvalue weighted by atomic mass is 9.57. The lowest BCUT2D eigenvalue weighted by molar-refractivity contribution is 0.137. The molecule has 0 aliphatic heterocycles. The van der Waals surface area contributed by atoms with Gasteiger partial charge in [-0.15, -0.1) is 0 Å². The molecule has 26 heavy (non-hydrogen) atoms. The van der Waals surface area contributed by atoms with Gasteiger partial charge >= 0.3 is 0 Å². The van der Waals surface area contributed by atoms with E-state index in [0.717, 1.165) is 11.6 Å². The molecule has 3 saturated carbocycles. The smallest absolute Gasteiger partial charge is 0.0780 e. The van der Waals surface area contributed by atoms with Gasteiger partial charge in [0.1, 0.15) is 0 Å². The van der Waals surface area contributed by atoms with E-state index in [0.29, 0.717) is 5.41 Å². The molecule has 132 valence electrons. The Bertz CT molecular complexity index is 943. The molecule has 2 aromatic carbocycles. The molecule has 1 heterocycles. The van der Waals surface area contributed by atoms with Gasteiger partial charge in [0.05, 0.1) is 5.69 Å². The van der Waals surface area contributed by atoms with E-state index < -0.39 is 0 Å². The van der Waals surface area contributed by atoms with Gasteiger partial charge in [-0.1, -0.05) is 35.4 Å². The molecule has 2 bridgehead atoms. The second-order valence-electron chi connectivity index (χ2n) is 8.70.